The molecular weight excluding hydrogens is 384 g/mol. The van der Waals surface area contributed by atoms with Crippen molar-refractivity contribution in [3.05, 3.63) is 65.2 Å². The van der Waals surface area contributed by atoms with Gasteiger partial charge in [0.15, 0.2) is 0 Å². The summed E-state index contributed by atoms with van der Waals surface area (Å²) in [7, 11) is -3.57. The average molecular weight is 415 g/mol. The third kappa shape index (κ3) is 5.46. The van der Waals surface area contributed by atoms with Crippen molar-refractivity contribution < 1.29 is 13.2 Å². The fourth-order valence-electron chi connectivity index (χ4n) is 3.67. The molecule has 1 saturated heterocycles. The Morgan fingerprint density at radius 2 is 1.76 bits per heavy atom. The number of nitrogens with zero attached hydrogens (tertiary/aromatic N) is 1. The Morgan fingerprint density at radius 1 is 1.07 bits per heavy atom. The monoisotopic (exact) mass is 414 g/mol. The van der Waals surface area contributed by atoms with Gasteiger partial charge in [0, 0.05) is 24.7 Å². The van der Waals surface area contributed by atoms with E-state index in [1.165, 1.54) is 11.6 Å². The summed E-state index contributed by atoms with van der Waals surface area (Å²) < 4.78 is 27.7. The SMILES string of the molecule is Cc1ccc(C(=O)N[C@H](C)CCc2ccccc2)cc1S(=O)(=O)N1CCCCC1. The average Bonchev–Trinajstić information content (AvgIpc) is 2.73. The number of aryl methyl sites for hydroxylation is 2. The van der Waals surface area contributed by atoms with Gasteiger partial charge in [-0.1, -0.05) is 42.8 Å². The van der Waals surface area contributed by atoms with Gasteiger partial charge in [0.05, 0.1) is 4.90 Å². The lowest BCUT2D eigenvalue weighted by Gasteiger charge is -2.26. The van der Waals surface area contributed by atoms with Crippen LogP contribution in [0.15, 0.2) is 53.4 Å². The molecule has 0 radical (unpaired) electrons. The maximum Gasteiger partial charge on any atom is 0.251 e. The molecule has 5 nitrogen and oxygen atoms in total. The van der Waals surface area contributed by atoms with E-state index >= 15 is 0 Å². The Balaban J connectivity index is 1.68. The Morgan fingerprint density at radius 3 is 2.45 bits per heavy atom. The number of nitrogens with one attached hydrogen (secondary N) is 1. The van der Waals surface area contributed by atoms with Crippen molar-refractivity contribution in [3.63, 3.8) is 0 Å². The van der Waals surface area contributed by atoms with Crippen molar-refractivity contribution in [2.24, 2.45) is 0 Å². The summed E-state index contributed by atoms with van der Waals surface area (Å²) in [5, 5.41) is 3.00. The van der Waals surface area contributed by atoms with E-state index in [9.17, 15) is 13.2 Å². The predicted molar refractivity (Wildman–Crippen MR) is 115 cm³/mol. The van der Waals surface area contributed by atoms with E-state index in [0.29, 0.717) is 24.2 Å². The van der Waals surface area contributed by atoms with Gasteiger partial charge in [0.2, 0.25) is 10.0 Å². The highest BCUT2D eigenvalue weighted by molar-refractivity contribution is 7.89. The third-order valence-corrected chi connectivity index (χ3v) is 7.51. The zero-order valence-electron chi connectivity index (χ0n) is 17.2. The molecule has 1 N–H and O–H groups in total. The first-order valence-electron chi connectivity index (χ1n) is 10.3. The first-order valence-corrected chi connectivity index (χ1v) is 11.8. The van der Waals surface area contributed by atoms with Gasteiger partial charge in [-0.15, -0.1) is 0 Å². The number of amides is 1. The van der Waals surface area contributed by atoms with Crippen LogP contribution in [0.25, 0.3) is 0 Å². The minimum absolute atomic E-state index is 0.00818. The summed E-state index contributed by atoms with van der Waals surface area (Å²) in [6.07, 6.45) is 4.54. The lowest BCUT2D eigenvalue weighted by molar-refractivity contribution is 0.0938. The molecule has 3 rings (SSSR count). The van der Waals surface area contributed by atoms with Gasteiger partial charge in [-0.3, -0.25) is 4.79 Å². The van der Waals surface area contributed by atoms with E-state index in [2.05, 4.69) is 17.4 Å². The number of piperidine rings is 1. The maximum absolute atomic E-state index is 13.1. The van der Waals surface area contributed by atoms with Crippen LogP contribution in [-0.4, -0.2) is 37.8 Å². The van der Waals surface area contributed by atoms with Gasteiger partial charge in [-0.2, -0.15) is 4.31 Å². The molecule has 1 amide bonds. The van der Waals surface area contributed by atoms with E-state index in [1.54, 1.807) is 23.4 Å². The predicted octanol–water partition coefficient (Wildman–Crippen LogP) is 3.92. The summed E-state index contributed by atoms with van der Waals surface area (Å²) >= 11 is 0. The molecule has 156 valence electrons. The van der Waals surface area contributed by atoms with Gasteiger partial charge >= 0.3 is 0 Å². The fraction of sp³-hybridized carbons (Fsp3) is 0.435. The zero-order chi connectivity index (χ0) is 20.9. The van der Waals surface area contributed by atoms with Crippen LogP contribution in [0.4, 0.5) is 0 Å². The summed E-state index contributed by atoms with van der Waals surface area (Å²) in [6, 6.07) is 15.1. The Bertz CT molecular complexity index is 936. The van der Waals surface area contributed by atoms with E-state index in [0.717, 1.165) is 32.1 Å². The lowest BCUT2D eigenvalue weighted by Crippen LogP contribution is -2.36. The van der Waals surface area contributed by atoms with E-state index in [4.69, 9.17) is 0 Å². The zero-order valence-corrected chi connectivity index (χ0v) is 18.0. The third-order valence-electron chi connectivity index (χ3n) is 5.47. The number of carbonyl (C=O) groups is 1. The molecule has 6 heteroatoms. The first-order chi connectivity index (χ1) is 13.9. The molecule has 1 aliphatic rings. The maximum atomic E-state index is 13.1. The van der Waals surface area contributed by atoms with Crippen LogP contribution >= 0.6 is 0 Å². The van der Waals surface area contributed by atoms with Crippen molar-refractivity contribution in [3.8, 4) is 0 Å². The Kier molecular flexibility index (Phi) is 7.09. The number of sulfonamides is 1. The second-order valence-corrected chi connectivity index (χ2v) is 9.75. The van der Waals surface area contributed by atoms with Crippen LogP contribution in [0, 0.1) is 6.92 Å². The Labute approximate surface area is 174 Å². The largest absolute Gasteiger partial charge is 0.350 e. The molecule has 29 heavy (non-hydrogen) atoms. The summed E-state index contributed by atoms with van der Waals surface area (Å²) in [4.78, 5) is 13.0. The van der Waals surface area contributed by atoms with Gasteiger partial charge in [-0.25, -0.2) is 8.42 Å². The molecule has 2 aromatic carbocycles. The molecule has 1 fully saturated rings. The minimum atomic E-state index is -3.57. The molecule has 1 heterocycles. The van der Waals surface area contributed by atoms with Gasteiger partial charge in [0.1, 0.15) is 0 Å². The molecule has 1 aliphatic heterocycles. The number of benzene rings is 2. The second-order valence-electron chi connectivity index (χ2n) is 7.84. The first kappa shape index (κ1) is 21.5. The van der Waals surface area contributed by atoms with Crippen LogP contribution < -0.4 is 5.32 Å². The van der Waals surface area contributed by atoms with Gasteiger partial charge in [-0.05, 0) is 62.8 Å². The summed E-state index contributed by atoms with van der Waals surface area (Å²) in [5.41, 5.74) is 2.29. The number of carbonyl (C=O) groups excluding carboxylic acids is 1. The molecule has 0 bridgehead atoms. The van der Waals surface area contributed by atoms with Crippen molar-refractivity contribution in [1.82, 2.24) is 9.62 Å². The standard InChI is InChI=1S/C23H30N2O3S/c1-18-11-14-21(17-22(18)29(27,28)25-15-7-4-8-16-25)23(26)24-19(2)12-13-20-9-5-3-6-10-20/h3,5-6,9-11,14,17,19H,4,7-8,12-13,15-16H2,1-2H3,(H,24,26)/t19-/m1/s1. The van der Waals surface area contributed by atoms with Crippen LogP contribution in [0.3, 0.4) is 0 Å². The van der Waals surface area contributed by atoms with Crippen molar-refractivity contribution in [2.75, 3.05) is 13.1 Å². The van der Waals surface area contributed by atoms with Gasteiger partial charge in [0.25, 0.3) is 5.91 Å². The lowest BCUT2D eigenvalue weighted by atomic mass is 10.1. The number of hydrogen-bond donors (Lipinski definition) is 1. The van der Waals surface area contributed by atoms with E-state index < -0.39 is 10.0 Å². The minimum Gasteiger partial charge on any atom is -0.350 e. The van der Waals surface area contributed by atoms with Crippen LogP contribution in [0.5, 0.6) is 0 Å². The Hall–Kier alpha value is -2.18. The van der Waals surface area contributed by atoms with E-state index in [1.807, 2.05) is 25.1 Å². The highest BCUT2D eigenvalue weighted by atomic mass is 32.2. The highest BCUT2D eigenvalue weighted by Gasteiger charge is 2.28. The van der Waals surface area contributed by atoms with Crippen LogP contribution in [0.1, 0.15) is 54.1 Å². The normalized spacial score (nSPS) is 16.3. The van der Waals surface area contributed by atoms with Crippen molar-refractivity contribution >= 4 is 15.9 Å². The van der Waals surface area contributed by atoms with Crippen molar-refractivity contribution in [1.29, 1.82) is 0 Å². The summed E-state index contributed by atoms with van der Waals surface area (Å²) in [6.45, 7) is 4.85. The molecule has 0 aromatic heterocycles. The van der Waals surface area contributed by atoms with E-state index in [-0.39, 0.29) is 16.8 Å². The second kappa shape index (κ2) is 9.55. The molecule has 0 saturated carbocycles. The molecule has 2 aromatic rings. The smallest absolute Gasteiger partial charge is 0.251 e. The fourth-order valence-corrected chi connectivity index (χ4v) is 5.44. The topological polar surface area (TPSA) is 66.5 Å². The van der Waals surface area contributed by atoms with Gasteiger partial charge < -0.3 is 5.32 Å². The molecule has 1 atom stereocenters. The molecular formula is C23H30N2O3S. The quantitative estimate of drug-likeness (QED) is 0.747. The van der Waals surface area contributed by atoms with Crippen LogP contribution in [0.2, 0.25) is 0 Å². The molecule has 0 spiro atoms. The number of hydrogen-bond acceptors (Lipinski definition) is 3. The van der Waals surface area contributed by atoms with Crippen molar-refractivity contribution in [2.45, 2.75) is 56.9 Å². The summed E-state index contributed by atoms with van der Waals surface area (Å²) in [5.74, 6) is -0.236. The number of rotatable bonds is 7. The molecule has 0 aliphatic carbocycles. The van der Waals surface area contributed by atoms with Crippen LogP contribution in [-0.2, 0) is 16.4 Å². The highest BCUT2D eigenvalue weighted by Crippen LogP contribution is 2.24. The molecule has 0 unspecified atom stereocenters.